The van der Waals surface area contributed by atoms with Gasteiger partial charge in [-0.05, 0) is 83.5 Å². The van der Waals surface area contributed by atoms with Gasteiger partial charge in [0.2, 0.25) is 0 Å². The van der Waals surface area contributed by atoms with Gasteiger partial charge in [0.25, 0.3) is 0 Å². The summed E-state index contributed by atoms with van der Waals surface area (Å²) < 4.78 is 17.0. The Bertz CT molecular complexity index is 1430. The van der Waals surface area contributed by atoms with E-state index in [0.717, 1.165) is 89.9 Å². The van der Waals surface area contributed by atoms with E-state index in [1.54, 1.807) is 0 Å². The number of hydrogen-bond acceptors (Lipinski definition) is 6. The van der Waals surface area contributed by atoms with Crippen molar-refractivity contribution in [3.8, 4) is 0 Å². The lowest BCUT2D eigenvalue weighted by Crippen LogP contribution is -2.30. The Morgan fingerprint density at radius 3 is 0.775 bits per heavy atom. The first kappa shape index (κ1) is 77.1. The third-order valence-corrected chi connectivity index (χ3v) is 15.8. The Balaban J connectivity index is 4.31. The smallest absolute Gasteiger partial charge is 0.306 e. The van der Waals surface area contributed by atoms with E-state index in [1.165, 1.54) is 244 Å². The minimum atomic E-state index is -0.778. The molecule has 0 aliphatic rings. The quantitative estimate of drug-likeness (QED) is 0.0261. The second-order valence-electron chi connectivity index (χ2n) is 23.8. The van der Waals surface area contributed by atoms with E-state index >= 15 is 0 Å². The summed E-state index contributed by atoms with van der Waals surface area (Å²) in [6.45, 7) is 6.59. The topological polar surface area (TPSA) is 78.9 Å². The maximum absolute atomic E-state index is 13.0. The molecule has 0 rings (SSSR count). The fraction of sp³-hybridized carbons (Fsp3) is 0.824. The molecule has 0 aromatic carbocycles. The van der Waals surface area contributed by atoms with Crippen molar-refractivity contribution in [2.24, 2.45) is 0 Å². The van der Waals surface area contributed by atoms with Crippen molar-refractivity contribution in [3.63, 3.8) is 0 Å². The molecule has 0 heterocycles. The highest BCUT2D eigenvalue weighted by Crippen LogP contribution is 2.18. The number of ether oxygens (including phenoxy) is 3. The zero-order chi connectivity index (χ0) is 57.8. The minimum absolute atomic E-state index is 0.0731. The lowest BCUT2D eigenvalue weighted by Gasteiger charge is -2.18. The third-order valence-electron chi connectivity index (χ3n) is 15.8. The summed E-state index contributed by atoms with van der Waals surface area (Å²) in [5, 5.41) is 0. The molecule has 0 amide bonds. The van der Waals surface area contributed by atoms with E-state index in [1.807, 2.05) is 0 Å². The molecule has 0 aliphatic carbocycles. The van der Waals surface area contributed by atoms with Crippen molar-refractivity contribution in [1.29, 1.82) is 0 Å². The molecule has 466 valence electrons. The van der Waals surface area contributed by atoms with Crippen LogP contribution in [0.2, 0.25) is 0 Å². The Morgan fingerprint density at radius 2 is 0.487 bits per heavy atom. The van der Waals surface area contributed by atoms with Crippen molar-refractivity contribution < 1.29 is 28.6 Å². The van der Waals surface area contributed by atoms with Crippen LogP contribution >= 0.6 is 0 Å². The monoisotopic (exact) mass is 1120 g/mol. The number of carbonyl (C=O) groups excluding carboxylic acids is 3. The molecule has 0 spiro atoms. The maximum Gasteiger partial charge on any atom is 0.306 e. The van der Waals surface area contributed by atoms with Crippen LogP contribution < -0.4 is 0 Å². The van der Waals surface area contributed by atoms with Gasteiger partial charge in [0.1, 0.15) is 13.2 Å². The van der Waals surface area contributed by atoms with Crippen LogP contribution in [-0.4, -0.2) is 37.2 Å². The summed E-state index contributed by atoms with van der Waals surface area (Å²) in [6.07, 6.45) is 88.1. The molecule has 0 saturated carbocycles. The molecule has 1 unspecified atom stereocenters. The zero-order valence-corrected chi connectivity index (χ0v) is 53.6. The van der Waals surface area contributed by atoms with Gasteiger partial charge in [0.05, 0.1) is 0 Å². The lowest BCUT2D eigenvalue weighted by atomic mass is 10.0. The van der Waals surface area contributed by atoms with E-state index in [2.05, 4.69) is 81.5 Å². The summed E-state index contributed by atoms with van der Waals surface area (Å²) in [6, 6.07) is 0. The molecule has 0 fully saturated rings. The Morgan fingerprint density at radius 1 is 0.263 bits per heavy atom. The lowest BCUT2D eigenvalue weighted by molar-refractivity contribution is -0.167. The van der Waals surface area contributed by atoms with Gasteiger partial charge in [-0.3, -0.25) is 14.4 Å². The molecular formula is C74H134O6. The van der Waals surface area contributed by atoms with E-state index < -0.39 is 6.10 Å². The summed E-state index contributed by atoms with van der Waals surface area (Å²) in [5.74, 6) is -0.856. The van der Waals surface area contributed by atoms with Gasteiger partial charge in [-0.25, -0.2) is 0 Å². The molecule has 0 aromatic rings. The second kappa shape index (κ2) is 68.6. The SMILES string of the molecule is CC/C=C\C/C=C\C/C=C\C/C=C\CCCCCCCCCCC(=O)OC(COC(=O)CCCCCCCCCCCCCCC/C=C\CCCCCCCCCC)COC(=O)CCCCCCCCCCCCCCCCCC. The average molecular weight is 1120 g/mol. The highest BCUT2D eigenvalue weighted by atomic mass is 16.6. The van der Waals surface area contributed by atoms with Gasteiger partial charge < -0.3 is 14.2 Å². The highest BCUT2D eigenvalue weighted by Gasteiger charge is 2.19. The number of unbranched alkanes of at least 4 members (excludes halogenated alkanes) is 44. The van der Waals surface area contributed by atoms with Gasteiger partial charge in [-0.2, -0.15) is 0 Å². The fourth-order valence-electron chi connectivity index (χ4n) is 10.5. The second-order valence-corrected chi connectivity index (χ2v) is 23.8. The van der Waals surface area contributed by atoms with Gasteiger partial charge >= 0.3 is 17.9 Å². The molecule has 6 heteroatoms. The molecule has 6 nitrogen and oxygen atoms in total. The molecule has 80 heavy (non-hydrogen) atoms. The van der Waals surface area contributed by atoms with Crippen LogP contribution in [0, 0.1) is 0 Å². The first-order valence-corrected chi connectivity index (χ1v) is 35.3. The summed E-state index contributed by atoms with van der Waals surface area (Å²) >= 11 is 0. The first-order valence-electron chi connectivity index (χ1n) is 35.3. The number of allylic oxidation sites excluding steroid dienone is 10. The molecule has 0 aromatic heterocycles. The number of rotatable bonds is 65. The van der Waals surface area contributed by atoms with Crippen LogP contribution in [0.1, 0.15) is 374 Å². The van der Waals surface area contributed by atoms with Crippen LogP contribution in [0.5, 0.6) is 0 Å². The molecule has 0 saturated heterocycles. The van der Waals surface area contributed by atoms with Gasteiger partial charge in [0, 0.05) is 19.3 Å². The van der Waals surface area contributed by atoms with E-state index in [-0.39, 0.29) is 31.1 Å². The average Bonchev–Trinajstić information content (AvgIpc) is 3.46. The summed E-state index contributed by atoms with van der Waals surface area (Å²) in [5.41, 5.74) is 0. The van der Waals surface area contributed by atoms with E-state index in [9.17, 15) is 14.4 Å². The van der Waals surface area contributed by atoms with Crippen LogP contribution in [0.3, 0.4) is 0 Å². The standard InChI is InChI=1S/C74H134O6/c1-4-7-10-13-16-19-22-25-28-31-33-35-36-37-38-40-41-43-46-49-52-55-58-61-64-67-73(76)79-70-71(69-78-72(75)66-63-60-57-54-51-48-45-30-27-24-21-18-15-12-9-6-3)80-74(77)68-65-62-59-56-53-50-47-44-42-39-34-32-29-26-23-20-17-14-11-8-5-2/h8,11,17,20,26,29,31,33-34,39,71H,4-7,9-10,12-16,18-19,21-25,27-28,30,32,35-38,40-70H2,1-3H3/b11-8-,20-17-,29-26-,33-31-,39-34-. The van der Waals surface area contributed by atoms with Crippen LogP contribution in [0.15, 0.2) is 60.8 Å². The predicted octanol–water partition coefficient (Wildman–Crippen LogP) is 24.3. The molecule has 0 radical (unpaired) electrons. The molecule has 0 bridgehead atoms. The summed E-state index contributed by atoms with van der Waals surface area (Å²) in [4.78, 5) is 38.5. The first-order chi connectivity index (χ1) is 39.5. The third kappa shape index (κ3) is 65.9. The van der Waals surface area contributed by atoms with Crippen molar-refractivity contribution in [3.05, 3.63) is 60.8 Å². The Hall–Kier alpha value is -2.89. The van der Waals surface area contributed by atoms with Crippen LogP contribution in [0.25, 0.3) is 0 Å². The molecule has 1 atom stereocenters. The van der Waals surface area contributed by atoms with Crippen LogP contribution in [0.4, 0.5) is 0 Å². The molecule has 0 N–H and O–H groups in total. The minimum Gasteiger partial charge on any atom is -0.462 e. The Kier molecular flexibility index (Phi) is 66.1. The van der Waals surface area contributed by atoms with Crippen molar-refractivity contribution in [2.75, 3.05) is 13.2 Å². The maximum atomic E-state index is 13.0. The molecule has 0 aliphatic heterocycles. The van der Waals surface area contributed by atoms with Crippen molar-refractivity contribution in [1.82, 2.24) is 0 Å². The molecular weight excluding hydrogens is 985 g/mol. The van der Waals surface area contributed by atoms with Crippen molar-refractivity contribution in [2.45, 2.75) is 380 Å². The predicted molar refractivity (Wildman–Crippen MR) is 348 cm³/mol. The van der Waals surface area contributed by atoms with Crippen LogP contribution in [-0.2, 0) is 28.6 Å². The van der Waals surface area contributed by atoms with Gasteiger partial charge in [0.15, 0.2) is 6.10 Å². The van der Waals surface area contributed by atoms with Gasteiger partial charge in [-0.15, -0.1) is 0 Å². The number of carbonyl (C=O) groups is 3. The number of esters is 3. The zero-order valence-electron chi connectivity index (χ0n) is 53.6. The highest BCUT2D eigenvalue weighted by molar-refractivity contribution is 5.71. The fourth-order valence-corrected chi connectivity index (χ4v) is 10.5. The Labute approximate surface area is 498 Å². The normalized spacial score (nSPS) is 12.4. The number of hydrogen-bond donors (Lipinski definition) is 0. The largest absolute Gasteiger partial charge is 0.462 e. The van der Waals surface area contributed by atoms with E-state index in [4.69, 9.17) is 14.2 Å². The summed E-state index contributed by atoms with van der Waals surface area (Å²) in [7, 11) is 0. The van der Waals surface area contributed by atoms with E-state index in [0.29, 0.717) is 19.3 Å². The van der Waals surface area contributed by atoms with Crippen molar-refractivity contribution >= 4 is 17.9 Å². The van der Waals surface area contributed by atoms with Gasteiger partial charge in [-0.1, -0.05) is 332 Å².